The molecule has 3 rings (SSSR count). The number of aromatic nitrogens is 3. The summed E-state index contributed by atoms with van der Waals surface area (Å²) in [5, 5.41) is 7.56. The van der Waals surface area contributed by atoms with E-state index in [0.29, 0.717) is 31.4 Å². The van der Waals surface area contributed by atoms with Gasteiger partial charge in [-0.25, -0.2) is 4.68 Å². The van der Waals surface area contributed by atoms with Crippen LogP contribution < -0.4 is 10.1 Å². The monoisotopic (exact) mass is 464 g/mol. The molecule has 182 valence electrons. The predicted molar refractivity (Wildman–Crippen MR) is 135 cm³/mol. The fourth-order valence-electron chi connectivity index (χ4n) is 3.97. The highest BCUT2D eigenvalue weighted by molar-refractivity contribution is 5.90. The first-order chi connectivity index (χ1) is 16.1. The molecule has 1 unspecified atom stereocenters. The Hall–Kier alpha value is -3.19. The summed E-state index contributed by atoms with van der Waals surface area (Å²) in [7, 11) is 1.62. The Labute approximate surface area is 202 Å². The maximum atomic E-state index is 12.5. The summed E-state index contributed by atoms with van der Waals surface area (Å²) in [5.74, 6) is 1.03. The lowest BCUT2D eigenvalue weighted by Gasteiger charge is -2.22. The zero-order valence-corrected chi connectivity index (χ0v) is 21.1. The lowest BCUT2D eigenvalue weighted by molar-refractivity contribution is -0.117. The van der Waals surface area contributed by atoms with E-state index < -0.39 is 0 Å². The predicted octanol–water partition coefficient (Wildman–Crippen LogP) is 5.67. The zero-order valence-electron chi connectivity index (χ0n) is 21.1. The van der Waals surface area contributed by atoms with Gasteiger partial charge >= 0.3 is 6.01 Å². The highest BCUT2D eigenvalue weighted by atomic mass is 16.5. The highest BCUT2D eigenvalue weighted by Gasteiger charge is 2.18. The standard InChI is InChI=1S/C27H36N4O3/c1-19-7-9-21(10-8-19)25-29-26(34-16-15-33-6)30-31(25)23-13-11-22(12-14-23)28-24(32)17-20(2)18-27(3,4)5/h7-14,20H,15-18H2,1-6H3,(H,28,32). The topological polar surface area (TPSA) is 78.3 Å². The second-order valence-corrected chi connectivity index (χ2v) is 10.0. The van der Waals surface area contributed by atoms with Gasteiger partial charge in [0.25, 0.3) is 0 Å². The minimum absolute atomic E-state index is 0.0272. The number of ether oxygens (including phenoxy) is 2. The number of rotatable bonds is 10. The van der Waals surface area contributed by atoms with Crippen LogP contribution in [0.25, 0.3) is 17.1 Å². The summed E-state index contributed by atoms with van der Waals surface area (Å²) >= 11 is 0. The molecular weight excluding hydrogens is 428 g/mol. The van der Waals surface area contributed by atoms with E-state index in [9.17, 15) is 4.79 Å². The Morgan fingerprint density at radius 1 is 1.06 bits per heavy atom. The van der Waals surface area contributed by atoms with Crippen molar-refractivity contribution in [2.45, 2.75) is 47.5 Å². The first kappa shape index (κ1) is 25.4. The van der Waals surface area contributed by atoms with Crippen molar-refractivity contribution in [2.75, 3.05) is 25.6 Å². The summed E-state index contributed by atoms with van der Waals surface area (Å²) in [6.45, 7) is 11.6. The third kappa shape index (κ3) is 7.42. The molecule has 34 heavy (non-hydrogen) atoms. The molecule has 1 atom stereocenters. The van der Waals surface area contributed by atoms with Gasteiger partial charge in [0, 0.05) is 24.8 Å². The molecule has 0 aliphatic heterocycles. The molecule has 0 radical (unpaired) electrons. The molecule has 3 aromatic rings. The molecule has 0 saturated heterocycles. The van der Waals surface area contributed by atoms with Crippen molar-refractivity contribution in [3.63, 3.8) is 0 Å². The van der Waals surface area contributed by atoms with E-state index in [1.807, 2.05) is 55.5 Å². The summed E-state index contributed by atoms with van der Waals surface area (Å²) in [4.78, 5) is 17.1. The third-order valence-corrected chi connectivity index (χ3v) is 5.31. The molecule has 7 nitrogen and oxygen atoms in total. The molecule has 0 spiro atoms. The van der Waals surface area contributed by atoms with Crippen molar-refractivity contribution in [3.8, 4) is 23.1 Å². The van der Waals surface area contributed by atoms with Gasteiger partial charge in [-0.1, -0.05) is 57.5 Å². The highest BCUT2D eigenvalue weighted by Crippen LogP contribution is 2.27. The van der Waals surface area contributed by atoms with Crippen LogP contribution in [0, 0.1) is 18.3 Å². The van der Waals surface area contributed by atoms with Gasteiger partial charge in [0.2, 0.25) is 5.91 Å². The molecule has 1 amide bonds. The Bertz CT molecular complexity index is 1070. The molecule has 0 aliphatic rings. The number of methoxy groups -OCH3 is 1. The molecule has 1 heterocycles. The number of hydrogen-bond donors (Lipinski definition) is 1. The Balaban J connectivity index is 1.77. The number of benzene rings is 2. The van der Waals surface area contributed by atoms with Gasteiger partial charge in [-0.15, -0.1) is 5.10 Å². The average molecular weight is 465 g/mol. The summed E-state index contributed by atoms with van der Waals surface area (Å²) in [6, 6.07) is 16.0. The van der Waals surface area contributed by atoms with E-state index in [-0.39, 0.29) is 17.3 Å². The Morgan fingerprint density at radius 2 is 1.74 bits per heavy atom. The van der Waals surface area contributed by atoms with Crippen molar-refractivity contribution >= 4 is 11.6 Å². The van der Waals surface area contributed by atoms with Gasteiger partial charge in [-0.3, -0.25) is 4.79 Å². The lowest BCUT2D eigenvalue weighted by Crippen LogP contribution is -2.18. The minimum Gasteiger partial charge on any atom is -0.460 e. The maximum Gasteiger partial charge on any atom is 0.336 e. The molecule has 7 heteroatoms. The van der Waals surface area contributed by atoms with E-state index in [2.05, 4.69) is 43.1 Å². The number of hydrogen-bond acceptors (Lipinski definition) is 5. The normalized spacial score (nSPS) is 12.4. The second kappa shape index (κ2) is 11.3. The number of carbonyl (C=O) groups excluding carboxylic acids is 1. The van der Waals surface area contributed by atoms with Crippen LogP contribution in [-0.2, 0) is 9.53 Å². The Kier molecular flexibility index (Phi) is 8.45. The molecule has 1 N–H and O–H groups in total. The van der Waals surface area contributed by atoms with Crippen LogP contribution in [0.1, 0.15) is 46.1 Å². The van der Waals surface area contributed by atoms with Crippen molar-refractivity contribution < 1.29 is 14.3 Å². The van der Waals surface area contributed by atoms with Crippen LogP contribution in [0.5, 0.6) is 6.01 Å². The number of anilines is 1. The Morgan fingerprint density at radius 3 is 2.35 bits per heavy atom. The van der Waals surface area contributed by atoms with Crippen molar-refractivity contribution in [2.24, 2.45) is 11.3 Å². The SMILES string of the molecule is COCCOc1nc(-c2ccc(C)cc2)n(-c2ccc(NC(=O)CC(C)CC(C)(C)C)cc2)n1. The second-order valence-electron chi connectivity index (χ2n) is 10.0. The van der Waals surface area contributed by atoms with Crippen LogP contribution in [0.2, 0.25) is 0 Å². The van der Waals surface area contributed by atoms with Crippen LogP contribution in [-0.4, -0.2) is 41.0 Å². The van der Waals surface area contributed by atoms with Crippen LogP contribution in [0.4, 0.5) is 5.69 Å². The van der Waals surface area contributed by atoms with Crippen molar-refractivity contribution in [3.05, 3.63) is 54.1 Å². The molecule has 0 bridgehead atoms. The molecule has 0 fully saturated rings. The smallest absolute Gasteiger partial charge is 0.336 e. The zero-order chi connectivity index (χ0) is 24.7. The maximum absolute atomic E-state index is 12.5. The van der Waals surface area contributed by atoms with Gasteiger partial charge in [0.1, 0.15) is 6.61 Å². The van der Waals surface area contributed by atoms with Crippen LogP contribution in [0.3, 0.4) is 0 Å². The summed E-state index contributed by atoms with van der Waals surface area (Å²) in [5.41, 5.74) is 3.89. The van der Waals surface area contributed by atoms with Crippen molar-refractivity contribution in [1.29, 1.82) is 0 Å². The fraction of sp³-hybridized carbons (Fsp3) is 0.444. The molecular formula is C27H36N4O3. The van der Waals surface area contributed by atoms with E-state index in [0.717, 1.165) is 23.4 Å². The minimum atomic E-state index is 0.0272. The van der Waals surface area contributed by atoms with Gasteiger partial charge < -0.3 is 14.8 Å². The first-order valence-corrected chi connectivity index (χ1v) is 11.7. The lowest BCUT2D eigenvalue weighted by atomic mass is 9.84. The number of nitrogens with zero attached hydrogens (tertiary/aromatic N) is 3. The number of amides is 1. The van der Waals surface area contributed by atoms with E-state index >= 15 is 0 Å². The van der Waals surface area contributed by atoms with Gasteiger partial charge in [0.05, 0.1) is 12.3 Å². The fourth-order valence-corrected chi connectivity index (χ4v) is 3.97. The van der Waals surface area contributed by atoms with Gasteiger partial charge in [0.15, 0.2) is 5.82 Å². The molecule has 0 saturated carbocycles. The number of aryl methyl sites for hydroxylation is 1. The first-order valence-electron chi connectivity index (χ1n) is 11.7. The van der Waals surface area contributed by atoms with Gasteiger partial charge in [-0.2, -0.15) is 4.98 Å². The molecule has 1 aromatic heterocycles. The van der Waals surface area contributed by atoms with E-state index in [4.69, 9.17) is 9.47 Å². The molecule has 2 aromatic carbocycles. The van der Waals surface area contributed by atoms with Crippen molar-refractivity contribution in [1.82, 2.24) is 14.8 Å². The van der Waals surface area contributed by atoms with Gasteiger partial charge in [-0.05, 0) is 48.9 Å². The summed E-state index contributed by atoms with van der Waals surface area (Å²) in [6.07, 6.45) is 1.50. The van der Waals surface area contributed by atoms with Crippen LogP contribution >= 0.6 is 0 Å². The molecule has 0 aliphatic carbocycles. The quantitative estimate of drug-likeness (QED) is 0.391. The third-order valence-electron chi connectivity index (χ3n) is 5.31. The van der Waals surface area contributed by atoms with E-state index in [1.165, 1.54) is 5.56 Å². The van der Waals surface area contributed by atoms with E-state index in [1.54, 1.807) is 11.8 Å². The largest absolute Gasteiger partial charge is 0.460 e. The average Bonchev–Trinajstić information content (AvgIpc) is 3.17. The number of nitrogens with one attached hydrogen (secondary N) is 1. The van der Waals surface area contributed by atoms with Crippen LogP contribution in [0.15, 0.2) is 48.5 Å². The summed E-state index contributed by atoms with van der Waals surface area (Å²) < 4.78 is 12.5. The number of carbonyl (C=O) groups is 1.